The van der Waals surface area contributed by atoms with Crippen LogP contribution in [0.4, 0.5) is 4.39 Å². The molecular formula is C39H65FN2O7S. The highest BCUT2D eigenvalue weighted by Crippen LogP contribution is 2.33. The van der Waals surface area contributed by atoms with E-state index in [4.69, 9.17) is 9.47 Å². The molecule has 50 heavy (non-hydrogen) atoms. The molecule has 1 saturated heterocycles. The number of aliphatic hydroxyl groups excluding tert-OH is 1. The molecule has 2 aromatic carbocycles. The number of carbonyl (C=O) groups excluding carboxylic acids is 1. The van der Waals surface area contributed by atoms with Crippen LogP contribution in [0.2, 0.25) is 0 Å². The summed E-state index contributed by atoms with van der Waals surface area (Å²) in [6.45, 7) is 29.8. The molecule has 0 saturated carbocycles. The second kappa shape index (κ2) is 20.8. The lowest BCUT2D eigenvalue weighted by Gasteiger charge is -2.26. The molecule has 0 radical (unpaired) electrons. The minimum atomic E-state index is -3.28. The van der Waals surface area contributed by atoms with Gasteiger partial charge >= 0.3 is 0 Å². The molecule has 3 rings (SSSR count). The number of aliphatic hydroxyl groups is 1. The van der Waals surface area contributed by atoms with Crippen molar-refractivity contribution >= 4 is 16.0 Å². The summed E-state index contributed by atoms with van der Waals surface area (Å²) in [5.74, 6) is 1.38. The van der Waals surface area contributed by atoms with Gasteiger partial charge in [0.15, 0.2) is 0 Å². The molecular weight excluding hydrogens is 660 g/mol. The Morgan fingerprint density at radius 2 is 1.34 bits per heavy atom. The van der Waals surface area contributed by atoms with Gasteiger partial charge in [0.05, 0.1) is 18.5 Å². The first-order chi connectivity index (χ1) is 22.7. The van der Waals surface area contributed by atoms with Gasteiger partial charge in [-0.05, 0) is 110 Å². The Labute approximate surface area is 302 Å². The topological polar surface area (TPSA) is 114 Å². The smallest absolute Gasteiger partial charge is 0.264 e. The number of hydrogen-bond donors (Lipinski definition) is 2. The van der Waals surface area contributed by atoms with Gasteiger partial charge in [0.2, 0.25) is 5.91 Å². The highest BCUT2D eigenvalue weighted by atomic mass is 32.2. The van der Waals surface area contributed by atoms with Crippen molar-refractivity contribution < 1.29 is 36.4 Å². The van der Waals surface area contributed by atoms with E-state index in [1.807, 2.05) is 57.2 Å². The minimum absolute atomic E-state index is 0.0432. The van der Waals surface area contributed by atoms with Gasteiger partial charge in [-0.2, -0.15) is 8.42 Å². The van der Waals surface area contributed by atoms with E-state index in [-0.39, 0.29) is 23.5 Å². The van der Waals surface area contributed by atoms with E-state index in [0.29, 0.717) is 11.3 Å². The maximum atomic E-state index is 12.3. The van der Waals surface area contributed by atoms with Crippen molar-refractivity contribution in [2.24, 2.45) is 0 Å². The Balaban J connectivity index is 0.000000781. The van der Waals surface area contributed by atoms with Crippen LogP contribution in [-0.2, 0) is 24.5 Å². The fourth-order valence-electron chi connectivity index (χ4n) is 4.15. The molecule has 0 aliphatic carbocycles. The number of ether oxygens (including phenoxy) is 2. The average Bonchev–Trinajstić information content (AvgIpc) is 3.84. The summed E-state index contributed by atoms with van der Waals surface area (Å²) in [5, 5.41) is 11.9. The van der Waals surface area contributed by atoms with Gasteiger partial charge < -0.3 is 19.9 Å². The van der Waals surface area contributed by atoms with Crippen molar-refractivity contribution in [2.75, 3.05) is 39.2 Å². The number of hydrogen-bond acceptors (Lipinski definition) is 8. The molecule has 286 valence electrons. The number of carbonyl (C=O) groups is 1. The highest BCUT2D eigenvalue weighted by molar-refractivity contribution is 7.86. The SMILES string of the molecule is C=CC(=O)NC(C)(C)C.CC(C)(C)N1CC1.CC(C)(C)OS(C)(=O)=O.CCCOc1ccc(C(C)(C)c2ccc(OCC(O)CF)cc2)cc1. The zero-order valence-corrected chi connectivity index (χ0v) is 33.7. The lowest BCUT2D eigenvalue weighted by Crippen LogP contribution is -2.39. The number of rotatable bonds is 11. The Morgan fingerprint density at radius 1 is 0.900 bits per heavy atom. The van der Waals surface area contributed by atoms with E-state index in [1.54, 1.807) is 20.8 Å². The van der Waals surface area contributed by atoms with Gasteiger partial charge in [-0.3, -0.25) is 13.9 Å². The van der Waals surface area contributed by atoms with Gasteiger partial charge in [0, 0.05) is 29.6 Å². The predicted octanol–water partition coefficient (Wildman–Crippen LogP) is 7.46. The maximum Gasteiger partial charge on any atom is 0.264 e. The first-order valence-electron chi connectivity index (χ1n) is 17.0. The average molecular weight is 725 g/mol. The Kier molecular flexibility index (Phi) is 19.5. The van der Waals surface area contributed by atoms with Gasteiger partial charge in [-0.25, -0.2) is 4.39 Å². The second-order valence-electron chi connectivity index (χ2n) is 15.6. The fourth-order valence-corrected chi connectivity index (χ4v) is 5.06. The quantitative estimate of drug-likeness (QED) is 0.140. The van der Waals surface area contributed by atoms with Crippen molar-refractivity contribution in [2.45, 2.75) is 118 Å². The van der Waals surface area contributed by atoms with Crippen LogP contribution in [0.1, 0.15) is 101 Å². The van der Waals surface area contributed by atoms with Crippen LogP contribution >= 0.6 is 0 Å². The fraction of sp³-hybridized carbons (Fsp3) is 0.615. The number of alkyl halides is 1. The van der Waals surface area contributed by atoms with Crippen LogP contribution in [0.15, 0.2) is 61.2 Å². The molecule has 0 spiro atoms. The van der Waals surface area contributed by atoms with E-state index in [1.165, 1.54) is 24.7 Å². The zero-order chi connectivity index (χ0) is 39.0. The molecule has 0 aromatic heterocycles. The number of nitrogens with one attached hydrogen (secondary N) is 1. The third-order valence-electron chi connectivity index (χ3n) is 6.73. The Morgan fingerprint density at radius 3 is 1.58 bits per heavy atom. The lowest BCUT2D eigenvalue weighted by molar-refractivity contribution is -0.117. The number of amides is 1. The van der Waals surface area contributed by atoms with Gasteiger partial charge in [0.25, 0.3) is 10.1 Å². The van der Waals surface area contributed by atoms with Crippen molar-refractivity contribution in [3.63, 3.8) is 0 Å². The number of nitrogens with zero attached hydrogens (tertiary/aromatic N) is 1. The Bertz CT molecular complexity index is 1370. The van der Waals surface area contributed by atoms with Crippen molar-refractivity contribution in [3.05, 3.63) is 72.3 Å². The molecule has 11 heteroatoms. The van der Waals surface area contributed by atoms with Crippen LogP contribution < -0.4 is 14.8 Å². The van der Waals surface area contributed by atoms with Crippen molar-refractivity contribution in [1.29, 1.82) is 0 Å². The predicted molar refractivity (Wildman–Crippen MR) is 203 cm³/mol. The Hall–Kier alpha value is -2.99. The monoisotopic (exact) mass is 724 g/mol. The van der Waals surface area contributed by atoms with Crippen LogP contribution in [0.25, 0.3) is 0 Å². The van der Waals surface area contributed by atoms with E-state index >= 15 is 0 Å². The molecule has 0 bridgehead atoms. The summed E-state index contributed by atoms with van der Waals surface area (Å²) in [4.78, 5) is 13.0. The first kappa shape index (κ1) is 47.0. The summed E-state index contributed by atoms with van der Waals surface area (Å²) in [6, 6.07) is 15.9. The molecule has 1 fully saturated rings. The van der Waals surface area contributed by atoms with Crippen LogP contribution in [0, 0.1) is 0 Å². The molecule has 1 atom stereocenters. The molecule has 2 aromatic rings. The second-order valence-corrected chi connectivity index (χ2v) is 17.2. The highest BCUT2D eigenvalue weighted by Gasteiger charge is 2.29. The summed E-state index contributed by atoms with van der Waals surface area (Å²) < 4.78 is 48.7. The molecule has 1 unspecified atom stereocenters. The third-order valence-corrected chi connectivity index (χ3v) is 7.53. The van der Waals surface area contributed by atoms with E-state index in [0.717, 1.165) is 30.6 Å². The number of halogens is 1. The summed E-state index contributed by atoms with van der Waals surface area (Å²) in [6.07, 6.45) is 2.22. The van der Waals surface area contributed by atoms with Crippen molar-refractivity contribution in [3.8, 4) is 11.5 Å². The first-order valence-corrected chi connectivity index (χ1v) is 18.9. The van der Waals surface area contributed by atoms with E-state index < -0.39 is 28.5 Å². The van der Waals surface area contributed by atoms with Crippen LogP contribution in [-0.4, -0.2) is 86.3 Å². The summed E-state index contributed by atoms with van der Waals surface area (Å²) >= 11 is 0. The molecule has 9 nitrogen and oxygen atoms in total. The standard InChI is InChI=1S/C21H27FO3.C7H13NO.C6H13N.C5H12O3S/c1-4-13-24-19-9-5-16(6-10-19)21(2,3)17-7-11-20(12-8-17)25-15-18(23)14-22;1-5-6(9)8-7(2,3)4;1-6(2,3)7-4-5-7;1-5(2,3)8-9(4,6)7/h5-12,18,23H,4,13-15H2,1-3H3;5H,1H2,2-4H3,(H,8,9);4-5H2,1-3H3;1-4H3. The third kappa shape index (κ3) is 22.7. The summed E-state index contributed by atoms with van der Waals surface area (Å²) in [5.41, 5.74) is 1.87. The maximum absolute atomic E-state index is 12.3. The molecule has 1 heterocycles. The van der Waals surface area contributed by atoms with Crippen LogP contribution in [0.5, 0.6) is 11.5 Å². The summed E-state index contributed by atoms with van der Waals surface area (Å²) in [7, 11) is -3.28. The lowest BCUT2D eigenvalue weighted by atomic mass is 9.78. The molecule has 1 aliphatic heterocycles. The minimum Gasteiger partial charge on any atom is -0.494 e. The van der Waals surface area contributed by atoms with Crippen molar-refractivity contribution in [1.82, 2.24) is 10.2 Å². The zero-order valence-electron chi connectivity index (χ0n) is 32.9. The molecule has 2 N–H and O–H groups in total. The van der Waals surface area contributed by atoms with Gasteiger partial charge in [-0.15, -0.1) is 0 Å². The van der Waals surface area contributed by atoms with E-state index in [9.17, 15) is 22.7 Å². The van der Waals surface area contributed by atoms with E-state index in [2.05, 4.69) is 74.7 Å². The van der Waals surface area contributed by atoms with Crippen LogP contribution in [0.3, 0.4) is 0 Å². The normalized spacial score (nSPS) is 13.9. The van der Waals surface area contributed by atoms with Gasteiger partial charge in [-0.1, -0.05) is 51.6 Å². The van der Waals surface area contributed by atoms with Gasteiger partial charge in [0.1, 0.15) is 30.9 Å². The molecule has 1 aliphatic rings. The molecule has 1 amide bonds. The number of benzene rings is 2. The largest absolute Gasteiger partial charge is 0.494 e.